The number of halogens is 1. The average molecular weight is 346 g/mol. The average Bonchev–Trinajstić information content (AvgIpc) is 2.57. The summed E-state index contributed by atoms with van der Waals surface area (Å²) in [4.78, 5) is 12.0. The minimum absolute atomic E-state index is 0.0341. The van der Waals surface area contributed by atoms with E-state index >= 15 is 0 Å². The van der Waals surface area contributed by atoms with Crippen molar-refractivity contribution in [3.8, 4) is 5.75 Å². The van der Waals surface area contributed by atoms with Crippen molar-refractivity contribution in [2.75, 3.05) is 11.9 Å². The van der Waals surface area contributed by atoms with E-state index in [0.29, 0.717) is 11.7 Å². The summed E-state index contributed by atoms with van der Waals surface area (Å²) in [6.07, 6.45) is 1.10. The molecule has 0 saturated heterocycles. The quantitative estimate of drug-likeness (QED) is 0.752. The first kappa shape index (κ1) is 18.3. The molecule has 1 amide bonds. The topological polar surface area (TPSA) is 38.3 Å². The summed E-state index contributed by atoms with van der Waals surface area (Å²) in [5.41, 5.74) is 3.93. The van der Waals surface area contributed by atoms with Crippen LogP contribution in [0.25, 0.3) is 0 Å². The molecule has 0 unspecified atom stereocenters. The van der Waals surface area contributed by atoms with Crippen LogP contribution in [0.15, 0.2) is 36.4 Å². The lowest BCUT2D eigenvalue weighted by molar-refractivity contribution is -0.118. The van der Waals surface area contributed by atoms with E-state index in [1.54, 1.807) is 0 Å². The van der Waals surface area contributed by atoms with Gasteiger partial charge in [-0.25, -0.2) is 0 Å². The van der Waals surface area contributed by atoms with E-state index in [1.165, 1.54) is 5.56 Å². The molecule has 0 radical (unpaired) electrons. The molecule has 4 heteroatoms. The fourth-order valence-corrected chi connectivity index (χ4v) is 2.58. The molecule has 0 spiro atoms. The SMILES string of the molecule is CC[C@@H](C)c1ccc(NC(=O)COc2cc(C)c(Cl)c(C)c2)cc1. The van der Waals surface area contributed by atoms with Crippen molar-refractivity contribution < 1.29 is 9.53 Å². The molecule has 0 aliphatic carbocycles. The lowest BCUT2D eigenvalue weighted by Crippen LogP contribution is -2.20. The molecule has 2 aromatic rings. The first-order valence-corrected chi connectivity index (χ1v) is 8.57. The van der Waals surface area contributed by atoms with E-state index in [9.17, 15) is 4.79 Å². The molecule has 0 fully saturated rings. The summed E-state index contributed by atoms with van der Waals surface area (Å²) < 4.78 is 5.57. The van der Waals surface area contributed by atoms with Gasteiger partial charge < -0.3 is 10.1 Å². The second-order valence-electron chi connectivity index (χ2n) is 6.14. The Labute approximate surface area is 149 Å². The molecule has 3 nitrogen and oxygen atoms in total. The van der Waals surface area contributed by atoms with E-state index in [-0.39, 0.29) is 12.5 Å². The van der Waals surface area contributed by atoms with Gasteiger partial charge in [0.2, 0.25) is 0 Å². The Hall–Kier alpha value is -2.00. The summed E-state index contributed by atoms with van der Waals surface area (Å²) >= 11 is 6.13. The van der Waals surface area contributed by atoms with Crippen molar-refractivity contribution in [1.82, 2.24) is 0 Å². The van der Waals surface area contributed by atoms with Gasteiger partial charge in [0.15, 0.2) is 6.61 Å². The van der Waals surface area contributed by atoms with Crippen LogP contribution in [-0.2, 0) is 4.79 Å². The highest BCUT2D eigenvalue weighted by Crippen LogP contribution is 2.26. The van der Waals surface area contributed by atoms with Crippen LogP contribution in [0.4, 0.5) is 5.69 Å². The van der Waals surface area contributed by atoms with Crippen molar-refractivity contribution in [1.29, 1.82) is 0 Å². The van der Waals surface area contributed by atoms with Crippen LogP contribution in [0.5, 0.6) is 5.75 Å². The smallest absolute Gasteiger partial charge is 0.262 e. The van der Waals surface area contributed by atoms with Gasteiger partial charge in [0.1, 0.15) is 5.75 Å². The standard InChI is InChI=1S/C20H24ClNO2/c1-5-13(2)16-6-8-17(9-7-16)22-19(23)12-24-18-10-14(3)20(21)15(4)11-18/h6-11,13H,5,12H2,1-4H3,(H,22,23)/t13-/m1/s1. The van der Waals surface area contributed by atoms with Crippen molar-refractivity contribution in [2.24, 2.45) is 0 Å². The van der Waals surface area contributed by atoms with Crippen LogP contribution in [0.1, 0.15) is 42.9 Å². The summed E-state index contributed by atoms with van der Waals surface area (Å²) in [7, 11) is 0. The summed E-state index contributed by atoms with van der Waals surface area (Å²) in [6, 6.07) is 11.6. The van der Waals surface area contributed by atoms with E-state index in [4.69, 9.17) is 16.3 Å². The monoisotopic (exact) mass is 345 g/mol. The molecular weight excluding hydrogens is 322 g/mol. The van der Waals surface area contributed by atoms with Crippen molar-refractivity contribution in [3.05, 3.63) is 58.1 Å². The van der Waals surface area contributed by atoms with Crippen LogP contribution in [0.3, 0.4) is 0 Å². The molecular formula is C20H24ClNO2. The van der Waals surface area contributed by atoms with Crippen molar-refractivity contribution in [2.45, 2.75) is 40.0 Å². The van der Waals surface area contributed by atoms with E-state index in [2.05, 4.69) is 31.3 Å². The predicted octanol–water partition coefficient (Wildman–Crippen LogP) is 5.49. The minimum Gasteiger partial charge on any atom is -0.484 e. The molecule has 0 heterocycles. The van der Waals surface area contributed by atoms with Gasteiger partial charge in [-0.2, -0.15) is 0 Å². The molecule has 128 valence electrons. The minimum atomic E-state index is -0.184. The number of ether oxygens (including phenoxy) is 1. The Balaban J connectivity index is 1.91. The fourth-order valence-electron chi connectivity index (χ4n) is 2.47. The zero-order valence-corrected chi connectivity index (χ0v) is 15.4. The van der Waals surface area contributed by atoms with Crippen molar-refractivity contribution >= 4 is 23.2 Å². The van der Waals surface area contributed by atoms with Crippen LogP contribution >= 0.6 is 11.6 Å². The van der Waals surface area contributed by atoms with Crippen LogP contribution in [0.2, 0.25) is 5.02 Å². The lowest BCUT2D eigenvalue weighted by atomic mass is 9.99. The highest BCUT2D eigenvalue weighted by Gasteiger charge is 2.08. The normalized spacial score (nSPS) is 11.9. The van der Waals surface area contributed by atoms with Gasteiger partial charge in [0.05, 0.1) is 0 Å². The largest absolute Gasteiger partial charge is 0.484 e. The molecule has 0 aliphatic heterocycles. The third kappa shape index (κ3) is 4.75. The molecule has 24 heavy (non-hydrogen) atoms. The fraction of sp³-hybridized carbons (Fsp3) is 0.350. The third-order valence-corrected chi connectivity index (χ3v) is 4.75. The Morgan fingerprint density at radius 3 is 2.29 bits per heavy atom. The number of anilines is 1. The van der Waals surface area contributed by atoms with Crippen LogP contribution in [0, 0.1) is 13.8 Å². The molecule has 0 bridgehead atoms. The van der Waals surface area contributed by atoms with Gasteiger partial charge in [-0.1, -0.05) is 37.6 Å². The Morgan fingerprint density at radius 2 is 1.75 bits per heavy atom. The highest BCUT2D eigenvalue weighted by molar-refractivity contribution is 6.32. The number of carbonyl (C=O) groups is 1. The Kier molecular flexibility index (Phi) is 6.27. The maximum Gasteiger partial charge on any atom is 0.262 e. The number of benzene rings is 2. The van der Waals surface area contributed by atoms with Crippen LogP contribution in [-0.4, -0.2) is 12.5 Å². The predicted molar refractivity (Wildman–Crippen MR) is 100 cm³/mol. The number of carbonyl (C=O) groups excluding carboxylic acids is 1. The second kappa shape index (κ2) is 8.20. The molecule has 1 atom stereocenters. The second-order valence-corrected chi connectivity index (χ2v) is 6.52. The first-order chi connectivity index (χ1) is 11.4. The summed E-state index contributed by atoms with van der Waals surface area (Å²) in [5.74, 6) is 0.989. The maximum absolute atomic E-state index is 12.0. The molecule has 0 aromatic heterocycles. The third-order valence-electron chi connectivity index (χ3n) is 4.16. The Morgan fingerprint density at radius 1 is 1.17 bits per heavy atom. The van der Waals surface area contributed by atoms with Crippen LogP contribution < -0.4 is 10.1 Å². The van der Waals surface area contributed by atoms with Gasteiger partial charge in [-0.3, -0.25) is 4.79 Å². The zero-order valence-electron chi connectivity index (χ0n) is 14.7. The number of hydrogen-bond acceptors (Lipinski definition) is 2. The maximum atomic E-state index is 12.0. The van der Waals surface area contributed by atoms with Gasteiger partial charge in [0.25, 0.3) is 5.91 Å². The van der Waals surface area contributed by atoms with Gasteiger partial charge in [-0.15, -0.1) is 0 Å². The van der Waals surface area contributed by atoms with E-state index < -0.39 is 0 Å². The molecule has 2 aromatic carbocycles. The number of rotatable bonds is 6. The molecule has 0 aliphatic rings. The zero-order chi connectivity index (χ0) is 17.7. The van der Waals surface area contributed by atoms with E-state index in [1.807, 2.05) is 38.1 Å². The number of aryl methyl sites for hydroxylation is 2. The first-order valence-electron chi connectivity index (χ1n) is 8.20. The summed E-state index contributed by atoms with van der Waals surface area (Å²) in [5, 5.41) is 3.58. The highest BCUT2D eigenvalue weighted by atomic mass is 35.5. The molecule has 1 N–H and O–H groups in total. The summed E-state index contributed by atoms with van der Waals surface area (Å²) in [6.45, 7) is 8.16. The van der Waals surface area contributed by atoms with Gasteiger partial charge in [0, 0.05) is 10.7 Å². The molecule has 0 saturated carbocycles. The van der Waals surface area contributed by atoms with E-state index in [0.717, 1.165) is 28.3 Å². The lowest BCUT2D eigenvalue weighted by Gasteiger charge is -2.12. The Bertz CT molecular complexity index is 687. The number of amides is 1. The number of nitrogens with one attached hydrogen (secondary N) is 1. The van der Waals surface area contributed by atoms with Gasteiger partial charge >= 0.3 is 0 Å². The molecule has 2 rings (SSSR count). The van der Waals surface area contributed by atoms with Gasteiger partial charge in [-0.05, 0) is 67.1 Å². The number of hydrogen-bond donors (Lipinski definition) is 1. The van der Waals surface area contributed by atoms with Crippen molar-refractivity contribution in [3.63, 3.8) is 0 Å².